The van der Waals surface area contributed by atoms with Gasteiger partial charge in [-0.25, -0.2) is 9.78 Å². The van der Waals surface area contributed by atoms with Crippen molar-refractivity contribution >= 4 is 39.2 Å². The molecule has 3 rings (SSSR count). The number of thiazole rings is 1. The number of rotatable bonds is 6. The van der Waals surface area contributed by atoms with Crippen LogP contribution in [0.1, 0.15) is 13.3 Å². The molecule has 0 saturated heterocycles. The normalized spacial score (nSPS) is 10.5. The SMILES string of the molecule is CCOC(=O)CCNC(=O)Nc1ccc(-c2nc3ccccc3s2)cc1. The van der Waals surface area contributed by atoms with Crippen LogP contribution in [0.4, 0.5) is 10.5 Å². The lowest BCUT2D eigenvalue weighted by atomic mass is 10.2. The van der Waals surface area contributed by atoms with Crippen molar-refractivity contribution in [2.24, 2.45) is 0 Å². The van der Waals surface area contributed by atoms with Crippen LogP contribution in [0, 0.1) is 0 Å². The Bertz CT molecular complexity index is 873. The quantitative estimate of drug-likeness (QED) is 0.643. The number of amides is 2. The van der Waals surface area contributed by atoms with Crippen molar-refractivity contribution in [3.05, 3.63) is 48.5 Å². The van der Waals surface area contributed by atoms with Gasteiger partial charge in [-0.2, -0.15) is 0 Å². The number of aromatic nitrogens is 1. The van der Waals surface area contributed by atoms with Crippen molar-refractivity contribution in [2.45, 2.75) is 13.3 Å². The third-order valence-electron chi connectivity index (χ3n) is 3.60. The van der Waals surface area contributed by atoms with Crippen LogP contribution in [0.3, 0.4) is 0 Å². The molecule has 1 heterocycles. The van der Waals surface area contributed by atoms with Crippen molar-refractivity contribution in [3.8, 4) is 10.6 Å². The minimum absolute atomic E-state index is 0.151. The number of carbonyl (C=O) groups excluding carboxylic acids is 2. The highest BCUT2D eigenvalue weighted by molar-refractivity contribution is 7.21. The van der Waals surface area contributed by atoms with Crippen molar-refractivity contribution < 1.29 is 14.3 Å². The maximum Gasteiger partial charge on any atom is 0.319 e. The third-order valence-corrected chi connectivity index (χ3v) is 4.69. The lowest BCUT2D eigenvalue weighted by Crippen LogP contribution is -2.30. The second kappa shape index (κ2) is 8.44. The van der Waals surface area contributed by atoms with Gasteiger partial charge in [0.05, 0.1) is 23.2 Å². The van der Waals surface area contributed by atoms with Gasteiger partial charge in [0.1, 0.15) is 5.01 Å². The number of anilines is 1. The molecule has 2 amide bonds. The number of nitrogens with one attached hydrogen (secondary N) is 2. The minimum Gasteiger partial charge on any atom is -0.466 e. The fourth-order valence-electron chi connectivity index (χ4n) is 2.38. The van der Waals surface area contributed by atoms with Gasteiger partial charge in [-0.3, -0.25) is 4.79 Å². The van der Waals surface area contributed by atoms with Gasteiger partial charge in [0.2, 0.25) is 0 Å². The van der Waals surface area contributed by atoms with E-state index in [1.165, 1.54) is 0 Å². The molecule has 2 aromatic carbocycles. The highest BCUT2D eigenvalue weighted by Gasteiger charge is 2.07. The number of urea groups is 1. The molecule has 0 radical (unpaired) electrons. The molecule has 134 valence electrons. The lowest BCUT2D eigenvalue weighted by molar-refractivity contribution is -0.142. The maximum absolute atomic E-state index is 11.8. The summed E-state index contributed by atoms with van der Waals surface area (Å²) in [5, 5.41) is 6.30. The van der Waals surface area contributed by atoms with Crippen LogP contribution < -0.4 is 10.6 Å². The number of ether oxygens (including phenoxy) is 1. The highest BCUT2D eigenvalue weighted by Crippen LogP contribution is 2.30. The van der Waals surface area contributed by atoms with Crippen LogP contribution in [-0.2, 0) is 9.53 Å². The first-order valence-electron chi connectivity index (χ1n) is 8.32. The summed E-state index contributed by atoms with van der Waals surface area (Å²) in [4.78, 5) is 27.7. The molecule has 0 aliphatic carbocycles. The van der Waals surface area contributed by atoms with E-state index in [1.807, 2.05) is 48.5 Å². The molecule has 26 heavy (non-hydrogen) atoms. The van der Waals surface area contributed by atoms with Crippen LogP contribution in [0.25, 0.3) is 20.8 Å². The number of esters is 1. The zero-order chi connectivity index (χ0) is 18.4. The van der Waals surface area contributed by atoms with E-state index in [-0.39, 0.29) is 25.0 Å². The summed E-state index contributed by atoms with van der Waals surface area (Å²) in [5.41, 5.74) is 2.65. The fraction of sp³-hybridized carbons (Fsp3) is 0.211. The van der Waals surface area contributed by atoms with E-state index in [0.717, 1.165) is 20.8 Å². The number of nitrogens with zero attached hydrogens (tertiary/aromatic N) is 1. The topological polar surface area (TPSA) is 80.3 Å². The lowest BCUT2D eigenvalue weighted by Gasteiger charge is -2.08. The van der Waals surface area contributed by atoms with Crippen LogP contribution in [0.2, 0.25) is 0 Å². The predicted octanol–water partition coefficient (Wildman–Crippen LogP) is 4.04. The van der Waals surface area contributed by atoms with E-state index in [9.17, 15) is 9.59 Å². The van der Waals surface area contributed by atoms with Gasteiger partial charge < -0.3 is 15.4 Å². The van der Waals surface area contributed by atoms with Gasteiger partial charge in [0, 0.05) is 17.8 Å². The molecule has 0 aliphatic rings. The molecule has 0 atom stereocenters. The summed E-state index contributed by atoms with van der Waals surface area (Å²) < 4.78 is 5.95. The van der Waals surface area contributed by atoms with Gasteiger partial charge in [0.25, 0.3) is 0 Å². The van der Waals surface area contributed by atoms with E-state index < -0.39 is 0 Å². The second-order valence-corrected chi connectivity index (χ2v) is 6.53. The van der Waals surface area contributed by atoms with Crippen LogP contribution in [-0.4, -0.2) is 30.1 Å². The fourth-order valence-corrected chi connectivity index (χ4v) is 3.35. The molecule has 0 bridgehead atoms. The number of para-hydroxylation sites is 1. The third kappa shape index (κ3) is 4.58. The summed E-state index contributed by atoms with van der Waals surface area (Å²) >= 11 is 1.63. The minimum atomic E-state index is -0.359. The Balaban J connectivity index is 1.55. The maximum atomic E-state index is 11.8. The Morgan fingerprint density at radius 3 is 2.62 bits per heavy atom. The van der Waals surface area contributed by atoms with E-state index >= 15 is 0 Å². The molecule has 3 aromatic rings. The largest absolute Gasteiger partial charge is 0.466 e. The molecule has 0 unspecified atom stereocenters. The van der Waals surface area contributed by atoms with Crippen molar-refractivity contribution in [2.75, 3.05) is 18.5 Å². The molecular formula is C19H19N3O3S. The zero-order valence-electron chi connectivity index (χ0n) is 14.3. The van der Waals surface area contributed by atoms with Gasteiger partial charge >= 0.3 is 12.0 Å². The summed E-state index contributed by atoms with van der Waals surface area (Å²) in [7, 11) is 0. The number of fused-ring (bicyclic) bond motifs is 1. The zero-order valence-corrected chi connectivity index (χ0v) is 15.1. The molecule has 0 aliphatic heterocycles. The van der Waals surface area contributed by atoms with E-state index in [4.69, 9.17) is 4.74 Å². The molecule has 6 nitrogen and oxygen atoms in total. The first kappa shape index (κ1) is 17.9. The predicted molar refractivity (Wildman–Crippen MR) is 103 cm³/mol. The Kier molecular flexibility index (Phi) is 5.80. The van der Waals surface area contributed by atoms with Crippen molar-refractivity contribution in [1.82, 2.24) is 10.3 Å². The Morgan fingerprint density at radius 2 is 1.88 bits per heavy atom. The smallest absolute Gasteiger partial charge is 0.319 e. The summed E-state index contributed by atoms with van der Waals surface area (Å²) in [6, 6.07) is 15.1. The van der Waals surface area contributed by atoms with E-state index in [2.05, 4.69) is 15.6 Å². The molecule has 0 spiro atoms. The standard InChI is InChI=1S/C19H19N3O3S/c1-2-25-17(23)11-12-20-19(24)21-14-9-7-13(8-10-14)18-22-15-5-3-4-6-16(15)26-18/h3-10H,2,11-12H2,1H3,(H2,20,21,24). The first-order valence-corrected chi connectivity index (χ1v) is 9.14. The monoisotopic (exact) mass is 369 g/mol. The summed E-state index contributed by atoms with van der Waals surface area (Å²) in [5.74, 6) is -0.326. The van der Waals surface area contributed by atoms with Crippen LogP contribution in [0.15, 0.2) is 48.5 Å². The Morgan fingerprint density at radius 1 is 1.12 bits per heavy atom. The van der Waals surface area contributed by atoms with Crippen molar-refractivity contribution in [3.63, 3.8) is 0 Å². The average molecular weight is 369 g/mol. The summed E-state index contributed by atoms with van der Waals surface area (Å²) in [6.07, 6.45) is 0.151. The van der Waals surface area contributed by atoms with Crippen molar-refractivity contribution in [1.29, 1.82) is 0 Å². The first-order chi connectivity index (χ1) is 12.7. The van der Waals surface area contributed by atoms with Gasteiger partial charge in [-0.05, 0) is 43.3 Å². The Hall–Kier alpha value is -2.93. The number of hydrogen-bond donors (Lipinski definition) is 2. The molecule has 1 aromatic heterocycles. The molecule has 0 fully saturated rings. The molecule has 2 N–H and O–H groups in total. The molecular weight excluding hydrogens is 350 g/mol. The van der Waals surface area contributed by atoms with Gasteiger partial charge in [-0.1, -0.05) is 12.1 Å². The number of carbonyl (C=O) groups is 2. The van der Waals surface area contributed by atoms with Crippen LogP contribution >= 0.6 is 11.3 Å². The van der Waals surface area contributed by atoms with E-state index in [1.54, 1.807) is 18.3 Å². The number of benzene rings is 2. The second-order valence-electron chi connectivity index (χ2n) is 5.50. The van der Waals surface area contributed by atoms with Gasteiger partial charge in [-0.15, -0.1) is 11.3 Å². The molecule has 7 heteroatoms. The average Bonchev–Trinajstić information content (AvgIpc) is 3.06. The van der Waals surface area contributed by atoms with E-state index in [0.29, 0.717) is 12.3 Å². The van der Waals surface area contributed by atoms with Crippen LogP contribution in [0.5, 0.6) is 0 Å². The molecule has 0 saturated carbocycles. The Labute approximate surface area is 155 Å². The van der Waals surface area contributed by atoms with Gasteiger partial charge in [0.15, 0.2) is 0 Å². The highest BCUT2D eigenvalue weighted by atomic mass is 32.1. The summed E-state index contributed by atoms with van der Waals surface area (Å²) in [6.45, 7) is 2.32. The number of hydrogen-bond acceptors (Lipinski definition) is 5.